The van der Waals surface area contributed by atoms with Gasteiger partial charge in [0.15, 0.2) is 5.11 Å². The lowest BCUT2D eigenvalue weighted by atomic mass is 10.2. The van der Waals surface area contributed by atoms with Crippen LogP contribution in [0, 0.1) is 0 Å². The molecule has 1 saturated heterocycles. The number of amides is 1. The van der Waals surface area contributed by atoms with Crippen molar-refractivity contribution in [2.45, 2.75) is 0 Å². The van der Waals surface area contributed by atoms with E-state index in [-0.39, 0.29) is 5.91 Å². The predicted octanol–water partition coefficient (Wildman–Crippen LogP) is 2.29. The monoisotopic (exact) mass is 299 g/mol. The van der Waals surface area contributed by atoms with Crippen LogP contribution in [0.3, 0.4) is 0 Å². The van der Waals surface area contributed by atoms with E-state index in [1.54, 1.807) is 31.5 Å². The Hall–Kier alpha value is -2.60. The van der Waals surface area contributed by atoms with E-state index in [0.717, 1.165) is 5.69 Å². The number of ether oxygens (including phenoxy) is 1. The quantitative estimate of drug-likeness (QED) is 0.674. The second-order valence-electron chi connectivity index (χ2n) is 4.43. The van der Waals surface area contributed by atoms with Crippen molar-refractivity contribution in [1.82, 2.24) is 10.3 Å². The van der Waals surface area contributed by atoms with Gasteiger partial charge in [0.25, 0.3) is 5.91 Å². The summed E-state index contributed by atoms with van der Waals surface area (Å²) in [6.45, 7) is 0. The lowest BCUT2D eigenvalue weighted by molar-refractivity contribution is -0.113. The number of methoxy groups -OCH3 is 1. The Labute approximate surface area is 127 Å². The Morgan fingerprint density at radius 3 is 2.76 bits per heavy atom. The Bertz CT molecular complexity index is 722. The van der Waals surface area contributed by atoms with Crippen LogP contribution >= 0.6 is 12.2 Å². The molecule has 1 aliphatic heterocycles. The number of aromatic amines is 1. The van der Waals surface area contributed by atoms with Crippen LogP contribution in [0.1, 0.15) is 5.69 Å². The summed E-state index contributed by atoms with van der Waals surface area (Å²) in [6, 6.07) is 11.0. The molecule has 0 unspecified atom stereocenters. The molecule has 2 heterocycles. The van der Waals surface area contributed by atoms with Crippen molar-refractivity contribution in [3.05, 3.63) is 54.0 Å². The highest BCUT2D eigenvalue weighted by Gasteiger charge is 2.33. The molecule has 0 radical (unpaired) electrons. The van der Waals surface area contributed by atoms with Crippen molar-refractivity contribution in [3.8, 4) is 5.75 Å². The van der Waals surface area contributed by atoms with E-state index < -0.39 is 0 Å². The average Bonchev–Trinajstić information content (AvgIpc) is 3.09. The lowest BCUT2D eigenvalue weighted by Gasteiger charge is -2.17. The van der Waals surface area contributed by atoms with E-state index in [2.05, 4.69) is 10.3 Å². The Balaban J connectivity index is 1.98. The standard InChI is InChI=1S/C15H13N3O2S/c1-20-13-7-3-2-6-12(13)18-14(19)11(17-15(18)21)9-10-5-4-8-16-10/h2-9,16H,1H3,(H,17,21)/b11-9+. The number of carbonyl (C=O) groups excluding carboxylic acids is 1. The van der Waals surface area contributed by atoms with Crippen molar-refractivity contribution >= 4 is 35.0 Å². The minimum atomic E-state index is -0.209. The van der Waals surface area contributed by atoms with E-state index in [1.807, 2.05) is 24.3 Å². The molecule has 2 aromatic rings. The summed E-state index contributed by atoms with van der Waals surface area (Å²) in [6.07, 6.45) is 3.52. The molecule has 1 aliphatic rings. The zero-order valence-electron chi connectivity index (χ0n) is 11.3. The Morgan fingerprint density at radius 2 is 2.05 bits per heavy atom. The third-order valence-corrected chi connectivity index (χ3v) is 3.41. The number of thiocarbonyl (C=S) groups is 1. The van der Waals surface area contributed by atoms with Crippen LogP contribution < -0.4 is 15.0 Å². The van der Waals surface area contributed by atoms with Gasteiger partial charge in [0.1, 0.15) is 11.4 Å². The van der Waals surface area contributed by atoms with Crippen molar-refractivity contribution in [1.29, 1.82) is 0 Å². The van der Waals surface area contributed by atoms with E-state index in [4.69, 9.17) is 17.0 Å². The molecule has 1 fully saturated rings. The topological polar surface area (TPSA) is 57.4 Å². The van der Waals surface area contributed by atoms with Gasteiger partial charge in [0, 0.05) is 11.9 Å². The van der Waals surface area contributed by atoms with Crippen molar-refractivity contribution in [2.75, 3.05) is 12.0 Å². The first-order chi connectivity index (χ1) is 10.2. The molecule has 1 aromatic carbocycles. The number of aromatic nitrogens is 1. The van der Waals surface area contributed by atoms with Crippen LogP contribution in [-0.4, -0.2) is 23.1 Å². The number of carbonyl (C=O) groups is 1. The molecule has 3 rings (SSSR count). The zero-order chi connectivity index (χ0) is 14.8. The SMILES string of the molecule is COc1ccccc1N1C(=O)/C(=C\c2ccc[nH]2)NC1=S. The highest BCUT2D eigenvalue weighted by atomic mass is 32.1. The first-order valence-electron chi connectivity index (χ1n) is 6.34. The van der Waals surface area contributed by atoms with Crippen LogP contribution in [0.25, 0.3) is 6.08 Å². The van der Waals surface area contributed by atoms with E-state index in [0.29, 0.717) is 22.2 Å². The number of nitrogens with zero attached hydrogens (tertiary/aromatic N) is 1. The van der Waals surface area contributed by atoms with Crippen molar-refractivity contribution < 1.29 is 9.53 Å². The van der Waals surface area contributed by atoms with Gasteiger partial charge in [-0.25, -0.2) is 4.90 Å². The van der Waals surface area contributed by atoms with Gasteiger partial charge in [-0.2, -0.15) is 0 Å². The number of para-hydroxylation sites is 2. The van der Waals surface area contributed by atoms with E-state index in [1.165, 1.54) is 4.90 Å². The summed E-state index contributed by atoms with van der Waals surface area (Å²) in [5.41, 5.74) is 1.88. The van der Waals surface area contributed by atoms with Gasteiger partial charge in [-0.3, -0.25) is 4.79 Å². The molecule has 5 nitrogen and oxygen atoms in total. The van der Waals surface area contributed by atoms with Crippen molar-refractivity contribution in [2.24, 2.45) is 0 Å². The maximum atomic E-state index is 12.5. The molecule has 6 heteroatoms. The van der Waals surface area contributed by atoms with Crippen molar-refractivity contribution in [3.63, 3.8) is 0 Å². The molecule has 1 aromatic heterocycles. The number of hydrogen-bond donors (Lipinski definition) is 2. The molecule has 0 atom stereocenters. The smallest absolute Gasteiger partial charge is 0.281 e. The van der Waals surface area contributed by atoms with Gasteiger partial charge in [0.2, 0.25) is 0 Å². The number of H-pyrrole nitrogens is 1. The molecule has 1 amide bonds. The predicted molar refractivity (Wildman–Crippen MR) is 85.0 cm³/mol. The molecular weight excluding hydrogens is 286 g/mol. The largest absolute Gasteiger partial charge is 0.495 e. The highest BCUT2D eigenvalue weighted by Crippen LogP contribution is 2.31. The van der Waals surface area contributed by atoms with Crippen LogP contribution in [0.15, 0.2) is 48.3 Å². The molecule has 2 N–H and O–H groups in total. The van der Waals surface area contributed by atoms with Gasteiger partial charge in [-0.15, -0.1) is 0 Å². The number of rotatable bonds is 3. The summed E-state index contributed by atoms with van der Waals surface area (Å²) in [5.74, 6) is 0.384. The molecule has 0 saturated carbocycles. The normalized spacial score (nSPS) is 16.4. The third kappa shape index (κ3) is 2.41. The highest BCUT2D eigenvalue weighted by molar-refractivity contribution is 7.80. The van der Waals surface area contributed by atoms with Gasteiger partial charge in [-0.1, -0.05) is 12.1 Å². The molecular formula is C15H13N3O2S. The first kappa shape index (κ1) is 13.4. The summed E-state index contributed by atoms with van der Waals surface area (Å²) >= 11 is 5.27. The molecule has 0 bridgehead atoms. The second-order valence-corrected chi connectivity index (χ2v) is 4.81. The molecule has 106 valence electrons. The maximum Gasteiger partial charge on any atom is 0.281 e. The van der Waals surface area contributed by atoms with Crippen LogP contribution in [0.2, 0.25) is 0 Å². The average molecular weight is 299 g/mol. The summed E-state index contributed by atoms with van der Waals surface area (Å²) in [4.78, 5) is 17.0. The zero-order valence-corrected chi connectivity index (χ0v) is 12.1. The fourth-order valence-corrected chi connectivity index (χ4v) is 2.45. The minimum Gasteiger partial charge on any atom is -0.495 e. The number of anilines is 1. The summed E-state index contributed by atoms with van der Waals surface area (Å²) in [5, 5.41) is 3.27. The van der Waals surface area contributed by atoms with Crippen LogP contribution in [-0.2, 0) is 4.79 Å². The molecule has 0 spiro atoms. The number of nitrogens with one attached hydrogen (secondary N) is 2. The van der Waals surface area contributed by atoms with E-state index in [9.17, 15) is 4.79 Å². The Kier molecular flexibility index (Phi) is 3.45. The van der Waals surface area contributed by atoms with Gasteiger partial charge in [0.05, 0.1) is 12.8 Å². The number of hydrogen-bond acceptors (Lipinski definition) is 3. The van der Waals surface area contributed by atoms with Crippen LogP contribution in [0.5, 0.6) is 5.75 Å². The van der Waals surface area contributed by atoms with E-state index >= 15 is 0 Å². The molecule has 21 heavy (non-hydrogen) atoms. The number of benzene rings is 1. The first-order valence-corrected chi connectivity index (χ1v) is 6.75. The second kappa shape index (κ2) is 5.41. The van der Waals surface area contributed by atoms with Crippen LogP contribution in [0.4, 0.5) is 5.69 Å². The van der Waals surface area contributed by atoms with Gasteiger partial charge >= 0.3 is 0 Å². The summed E-state index contributed by atoms with van der Waals surface area (Å²) in [7, 11) is 1.56. The minimum absolute atomic E-state index is 0.209. The Morgan fingerprint density at radius 1 is 1.24 bits per heavy atom. The fraction of sp³-hybridized carbons (Fsp3) is 0.0667. The maximum absolute atomic E-state index is 12.5. The molecule has 0 aliphatic carbocycles. The fourth-order valence-electron chi connectivity index (χ4n) is 2.16. The lowest BCUT2D eigenvalue weighted by Crippen LogP contribution is -2.30. The van der Waals surface area contributed by atoms with Gasteiger partial charge < -0.3 is 15.0 Å². The summed E-state index contributed by atoms with van der Waals surface area (Å²) < 4.78 is 5.29. The third-order valence-electron chi connectivity index (χ3n) is 3.13. The van der Waals surface area contributed by atoms with Gasteiger partial charge in [-0.05, 0) is 42.6 Å².